The zero-order valence-electron chi connectivity index (χ0n) is 11.4. The summed E-state index contributed by atoms with van der Waals surface area (Å²) in [6.07, 6.45) is 0.806. The first-order valence-electron chi connectivity index (χ1n) is 6.22. The van der Waals surface area contributed by atoms with E-state index in [2.05, 4.69) is 0 Å². The molecule has 0 aromatic heterocycles. The predicted octanol–water partition coefficient (Wildman–Crippen LogP) is 1.54. The highest BCUT2D eigenvalue weighted by molar-refractivity contribution is 7.89. The van der Waals surface area contributed by atoms with Crippen molar-refractivity contribution in [1.82, 2.24) is 9.21 Å². The van der Waals surface area contributed by atoms with Gasteiger partial charge in [-0.3, -0.25) is 0 Å². The maximum absolute atomic E-state index is 12.6. The molecule has 2 rings (SSSR count). The van der Waals surface area contributed by atoms with Crippen LogP contribution in [0.1, 0.15) is 12.0 Å². The number of hydrogen-bond acceptors (Lipinski definition) is 4. The molecule has 1 aromatic carbocycles. The van der Waals surface area contributed by atoms with Gasteiger partial charge in [-0.05, 0) is 38.7 Å². The Bertz CT molecular complexity index is 652. The van der Waals surface area contributed by atoms with Crippen molar-refractivity contribution in [2.24, 2.45) is 0 Å². The lowest BCUT2D eigenvalue weighted by molar-refractivity contribution is 0.302. The zero-order valence-corrected chi connectivity index (χ0v) is 12.9. The molecule has 0 N–H and O–H groups in total. The van der Waals surface area contributed by atoms with E-state index in [0.29, 0.717) is 18.7 Å². The first-order valence-corrected chi connectivity index (χ1v) is 8.04. The standard InChI is InChI=1S/C13H16ClN3O2S/c1-16(2)11-5-6-17(9-11)20(18,19)13-4-3-10(8-15)7-12(13)14/h3-4,7,11H,5-6,9H2,1-2H3. The maximum atomic E-state index is 12.6. The molecule has 1 aliphatic rings. The average Bonchev–Trinajstić information content (AvgIpc) is 2.88. The van der Waals surface area contributed by atoms with Crippen LogP contribution in [0.2, 0.25) is 5.02 Å². The van der Waals surface area contributed by atoms with Crippen molar-refractivity contribution < 1.29 is 8.42 Å². The topological polar surface area (TPSA) is 64.4 Å². The van der Waals surface area contributed by atoms with Gasteiger partial charge in [0.2, 0.25) is 10.0 Å². The number of sulfonamides is 1. The minimum Gasteiger partial charge on any atom is -0.305 e. The van der Waals surface area contributed by atoms with Gasteiger partial charge in [0.25, 0.3) is 0 Å². The van der Waals surface area contributed by atoms with Crippen molar-refractivity contribution in [3.8, 4) is 6.07 Å². The Labute approximate surface area is 124 Å². The third-order valence-corrected chi connectivity index (χ3v) is 5.88. The lowest BCUT2D eigenvalue weighted by atomic mass is 10.2. The average molecular weight is 314 g/mol. The van der Waals surface area contributed by atoms with Crippen molar-refractivity contribution in [2.75, 3.05) is 27.2 Å². The number of benzene rings is 1. The fraction of sp³-hybridized carbons (Fsp3) is 0.462. The first kappa shape index (κ1) is 15.3. The Hall–Kier alpha value is -1.13. The van der Waals surface area contributed by atoms with Crippen LogP contribution >= 0.6 is 11.6 Å². The van der Waals surface area contributed by atoms with E-state index in [1.165, 1.54) is 22.5 Å². The van der Waals surface area contributed by atoms with Crippen molar-refractivity contribution in [3.05, 3.63) is 28.8 Å². The highest BCUT2D eigenvalue weighted by atomic mass is 35.5. The molecule has 1 aromatic rings. The lowest BCUT2D eigenvalue weighted by Gasteiger charge is -2.20. The van der Waals surface area contributed by atoms with Gasteiger partial charge in [-0.15, -0.1) is 0 Å². The van der Waals surface area contributed by atoms with Crippen LogP contribution < -0.4 is 0 Å². The lowest BCUT2D eigenvalue weighted by Crippen LogP contribution is -2.34. The molecular weight excluding hydrogens is 298 g/mol. The van der Waals surface area contributed by atoms with Crippen LogP contribution in [0.15, 0.2) is 23.1 Å². The van der Waals surface area contributed by atoms with Crippen LogP contribution in [0.4, 0.5) is 0 Å². The predicted molar refractivity (Wildman–Crippen MR) is 77.0 cm³/mol. The molecule has 1 unspecified atom stereocenters. The molecule has 0 amide bonds. The van der Waals surface area contributed by atoms with Gasteiger partial charge in [0.1, 0.15) is 4.90 Å². The Morgan fingerprint density at radius 1 is 1.45 bits per heavy atom. The smallest absolute Gasteiger partial charge is 0.244 e. The summed E-state index contributed by atoms with van der Waals surface area (Å²) in [5, 5.41) is 8.88. The van der Waals surface area contributed by atoms with Crippen molar-refractivity contribution in [2.45, 2.75) is 17.4 Å². The number of rotatable bonds is 3. The second-order valence-electron chi connectivity index (χ2n) is 5.03. The van der Waals surface area contributed by atoms with Gasteiger partial charge in [0.15, 0.2) is 0 Å². The zero-order chi connectivity index (χ0) is 14.9. The Balaban J connectivity index is 2.30. The fourth-order valence-electron chi connectivity index (χ4n) is 2.27. The van der Waals surface area contributed by atoms with Crippen LogP contribution in [-0.2, 0) is 10.0 Å². The third kappa shape index (κ3) is 2.81. The number of nitriles is 1. The van der Waals surface area contributed by atoms with Gasteiger partial charge in [0.05, 0.1) is 16.7 Å². The highest BCUT2D eigenvalue weighted by Crippen LogP contribution is 2.28. The van der Waals surface area contributed by atoms with Crippen LogP contribution in [0, 0.1) is 11.3 Å². The normalized spacial score (nSPS) is 20.2. The van der Waals surface area contributed by atoms with Crippen molar-refractivity contribution in [3.63, 3.8) is 0 Å². The third-order valence-electron chi connectivity index (χ3n) is 3.54. The van der Waals surface area contributed by atoms with Crippen LogP contribution in [0.5, 0.6) is 0 Å². The summed E-state index contributed by atoms with van der Waals surface area (Å²) in [5.41, 5.74) is 0.349. The van der Waals surface area contributed by atoms with E-state index in [1.54, 1.807) is 0 Å². The van der Waals surface area contributed by atoms with Crippen LogP contribution in [-0.4, -0.2) is 50.8 Å². The SMILES string of the molecule is CN(C)C1CCN(S(=O)(=O)c2ccc(C#N)cc2Cl)C1. The summed E-state index contributed by atoms with van der Waals surface area (Å²) in [7, 11) is 0.284. The van der Waals surface area contributed by atoms with E-state index in [0.717, 1.165) is 6.42 Å². The van der Waals surface area contributed by atoms with Gasteiger partial charge >= 0.3 is 0 Å². The molecule has 1 aliphatic heterocycles. The van der Waals surface area contributed by atoms with Crippen LogP contribution in [0.25, 0.3) is 0 Å². The summed E-state index contributed by atoms with van der Waals surface area (Å²) >= 11 is 6.00. The maximum Gasteiger partial charge on any atom is 0.244 e. The molecule has 20 heavy (non-hydrogen) atoms. The molecule has 1 saturated heterocycles. The molecule has 1 heterocycles. The second kappa shape index (κ2) is 5.70. The van der Waals surface area contributed by atoms with E-state index in [1.807, 2.05) is 25.1 Å². The number of likely N-dealkylation sites (N-methyl/N-ethyl adjacent to an activating group) is 1. The molecular formula is C13H16ClN3O2S. The van der Waals surface area contributed by atoms with Gasteiger partial charge in [-0.2, -0.15) is 9.57 Å². The molecule has 5 nitrogen and oxygen atoms in total. The summed E-state index contributed by atoms with van der Waals surface area (Å²) in [4.78, 5) is 2.09. The molecule has 1 fully saturated rings. The Morgan fingerprint density at radius 2 is 2.15 bits per heavy atom. The van der Waals surface area contributed by atoms with Gasteiger partial charge in [-0.1, -0.05) is 11.6 Å². The quantitative estimate of drug-likeness (QED) is 0.849. The Kier molecular flexibility index (Phi) is 4.35. The van der Waals surface area contributed by atoms with E-state index < -0.39 is 10.0 Å². The summed E-state index contributed by atoms with van der Waals surface area (Å²) in [6.45, 7) is 0.952. The summed E-state index contributed by atoms with van der Waals surface area (Å²) in [6, 6.07) is 6.42. The Morgan fingerprint density at radius 3 is 2.65 bits per heavy atom. The molecule has 1 atom stereocenters. The number of hydrogen-bond donors (Lipinski definition) is 0. The molecule has 0 radical (unpaired) electrons. The number of nitrogens with zero attached hydrogens (tertiary/aromatic N) is 3. The largest absolute Gasteiger partial charge is 0.305 e. The van der Waals surface area contributed by atoms with E-state index in [4.69, 9.17) is 16.9 Å². The van der Waals surface area contributed by atoms with Gasteiger partial charge in [0, 0.05) is 19.1 Å². The second-order valence-corrected chi connectivity index (χ2v) is 7.34. The molecule has 0 aliphatic carbocycles. The first-order chi connectivity index (χ1) is 9.36. The molecule has 0 saturated carbocycles. The number of halogens is 1. The van der Waals surface area contributed by atoms with E-state index in [9.17, 15) is 8.42 Å². The van der Waals surface area contributed by atoms with Crippen molar-refractivity contribution >= 4 is 21.6 Å². The van der Waals surface area contributed by atoms with Gasteiger partial charge < -0.3 is 4.90 Å². The van der Waals surface area contributed by atoms with Gasteiger partial charge in [-0.25, -0.2) is 8.42 Å². The molecule has 0 bridgehead atoms. The summed E-state index contributed by atoms with van der Waals surface area (Å²) < 4.78 is 26.6. The highest BCUT2D eigenvalue weighted by Gasteiger charge is 2.34. The minimum absolute atomic E-state index is 0.0672. The molecule has 7 heteroatoms. The van der Waals surface area contributed by atoms with E-state index in [-0.39, 0.29) is 16.0 Å². The molecule has 0 spiro atoms. The minimum atomic E-state index is -3.60. The molecule has 108 valence electrons. The monoisotopic (exact) mass is 313 g/mol. The van der Waals surface area contributed by atoms with Crippen LogP contribution in [0.3, 0.4) is 0 Å². The van der Waals surface area contributed by atoms with Crippen molar-refractivity contribution in [1.29, 1.82) is 5.26 Å². The fourth-order valence-corrected chi connectivity index (χ4v) is 4.28. The van der Waals surface area contributed by atoms with E-state index >= 15 is 0 Å². The summed E-state index contributed by atoms with van der Waals surface area (Å²) in [5.74, 6) is 0.